The summed E-state index contributed by atoms with van der Waals surface area (Å²) in [5.41, 5.74) is 9.30. The van der Waals surface area contributed by atoms with E-state index >= 15 is 0 Å². The molecule has 3 heteroatoms. The second-order valence-electron chi connectivity index (χ2n) is 3.63. The third-order valence-electron chi connectivity index (χ3n) is 2.51. The van der Waals surface area contributed by atoms with Gasteiger partial charge in [-0.1, -0.05) is 6.07 Å². The zero-order chi connectivity index (χ0) is 9.80. The highest BCUT2D eigenvalue weighted by molar-refractivity contribution is 5.71. The van der Waals surface area contributed by atoms with E-state index in [0.29, 0.717) is 0 Å². The van der Waals surface area contributed by atoms with Crippen LogP contribution in [-0.4, -0.2) is 19.6 Å². The molecule has 76 valence electrons. The molecule has 14 heavy (non-hydrogen) atoms. The topological polar surface area (TPSA) is 50.1 Å². The van der Waals surface area contributed by atoms with Crippen LogP contribution in [-0.2, 0) is 6.42 Å². The van der Waals surface area contributed by atoms with Crippen LogP contribution in [0.5, 0.6) is 0 Å². The largest absolute Gasteiger partial charge is 0.382 e. The Morgan fingerprint density at radius 3 is 2.71 bits per heavy atom. The Labute approximate surface area is 84.7 Å². The minimum atomic E-state index is 0.767. The molecule has 0 unspecified atom stereocenters. The Kier molecular flexibility index (Phi) is 2.89. The molecule has 2 rings (SSSR count). The summed E-state index contributed by atoms with van der Waals surface area (Å²) in [6.07, 6.45) is 2.14. The maximum absolute atomic E-state index is 5.49. The predicted molar refractivity (Wildman–Crippen MR) is 60.8 cm³/mol. The van der Waals surface area contributed by atoms with E-state index in [0.717, 1.165) is 32.5 Å². The molecule has 0 spiro atoms. The third-order valence-corrected chi connectivity index (χ3v) is 2.51. The molecule has 0 saturated heterocycles. The van der Waals surface area contributed by atoms with E-state index in [4.69, 9.17) is 5.73 Å². The highest BCUT2D eigenvalue weighted by Crippen LogP contribution is 2.25. The lowest BCUT2D eigenvalue weighted by atomic mass is 10.1. The fourth-order valence-electron chi connectivity index (χ4n) is 1.75. The van der Waals surface area contributed by atoms with Gasteiger partial charge in [0.25, 0.3) is 0 Å². The molecule has 1 aliphatic rings. The van der Waals surface area contributed by atoms with Crippen LogP contribution in [0, 0.1) is 0 Å². The molecule has 1 aromatic carbocycles. The van der Waals surface area contributed by atoms with Crippen LogP contribution < -0.4 is 16.4 Å². The van der Waals surface area contributed by atoms with Gasteiger partial charge in [-0.15, -0.1) is 0 Å². The summed E-state index contributed by atoms with van der Waals surface area (Å²) in [6.45, 7) is 2.78. The smallest absolute Gasteiger partial charge is 0.0579 e. The number of fused-ring (bicyclic) bond motifs is 1. The summed E-state index contributed by atoms with van der Waals surface area (Å²) in [5.74, 6) is 0. The van der Waals surface area contributed by atoms with Crippen molar-refractivity contribution in [3.05, 3.63) is 23.8 Å². The summed E-state index contributed by atoms with van der Waals surface area (Å²) in [4.78, 5) is 0. The van der Waals surface area contributed by atoms with Crippen LogP contribution in [0.3, 0.4) is 0 Å². The van der Waals surface area contributed by atoms with Gasteiger partial charge in [0.2, 0.25) is 0 Å². The highest BCUT2D eigenvalue weighted by atomic mass is 15.0. The van der Waals surface area contributed by atoms with E-state index in [1.54, 1.807) is 0 Å². The number of benzene rings is 1. The number of nitrogens with two attached hydrogens (primary N) is 1. The molecular weight excluding hydrogens is 174 g/mol. The van der Waals surface area contributed by atoms with E-state index in [-0.39, 0.29) is 0 Å². The van der Waals surface area contributed by atoms with E-state index in [2.05, 4.69) is 28.8 Å². The van der Waals surface area contributed by atoms with E-state index < -0.39 is 0 Å². The molecule has 1 heterocycles. The van der Waals surface area contributed by atoms with Gasteiger partial charge < -0.3 is 16.4 Å². The molecule has 0 aromatic heterocycles. The molecule has 3 nitrogen and oxygen atoms in total. The van der Waals surface area contributed by atoms with Crippen molar-refractivity contribution < 1.29 is 0 Å². The minimum Gasteiger partial charge on any atom is -0.382 e. The van der Waals surface area contributed by atoms with Gasteiger partial charge in [-0.3, -0.25) is 0 Å². The van der Waals surface area contributed by atoms with Crippen molar-refractivity contribution in [2.24, 2.45) is 5.73 Å². The lowest BCUT2D eigenvalue weighted by molar-refractivity contribution is 0.832. The Bertz CT molecular complexity index is 309. The first-order chi connectivity index (χ1) is 6.90. The van der Waals surface area contributed by atoms with Crippen molar-refractivity contribution >= 4 is 11.4 Å². The number of rotatable bonds is 3. The average Bonchev–Trinajstić information content (AvgIpc) is 2.26. The van der Waals surface area contributed by atoms with Gasteiger partial charge in [0, 0.05) is 13.1 Å². The summed E-state index contributed by atoms with van der Waals surface area (Å²) in [7, 11) is 0. The Balaban J connectivity index is 2.12. The molecule has 0 fully saturated rings. The van der Waals surface area contributed by atoms with Crippen LogP contribution in [0.4, 0.5) is 11.4 Å². The van der Waals surface area contributed by atoms with Gasteiger partial charge in [-0.2, -0.15) is 0 Å². The predicted octanol–water partition coefficient (Wildman–Crippen LogP) is 1.42. The number of nitrogens with one attached hydrogen (secondary N) is 2. The first-order valence-electron chi connectivity index (χ1n) is 5.21. The SMILES string of the molecule is NCCCc1ccc2c(c1)NCCN2. The van der Waals surface area contributed by atoms with Gasteiger partial charge >= 0.3 is 0 Å². The van der Waals surface area contributed by atoms with E-state index in [9.17, 15) is 0 Å². The quantitative estimate of drug-likeness (QED) is 0.677. The maximum Gasteiger partial charge on any atom is 0.0579 e. The van der Waals surface area contributed by atoms with E-state index in [1.165, 1.54) is 16.9 Å². The van der Waals surface area contributed by atoms with Crippen LogP contribution >= 0.6 is 0 Å². The molecule has 0 radical (unpaired) electrons. The molecule has 0 amide bonds. The molecular formula is C11H17N3. The number of hydrogen-bond acceptors (Lipinski definition) is 3. The second-order valence-corrected chi connectivity index (χ2v) is 3.63. The van der Waals surface area contributed by atoms with Crippen molar-refractivity contribution in [3.8, 4) is 0 Å². The van der Waals surface area contributed by atoms with Crippen LogP contribution in [0.15, 0.2) is 18.2 Å². The fourth-order valence-corrected chi connectivity index (χ4v) is 1.75. The Morgan fingerprint density at radius 1 is 1.14 bits per heavy atom. The first kappa shape index (κ1) is 9.34. The average molecular weight is 191 g/mol. The molecule has 0 saturated carbocycles. The molecule has 0 aliphatic carbocycles. The Hall–Kier alpha value is -1.22. The summed E-state index contributed by atoms with van der Waals surface area (Å²) in [5, 5.41) is 6.74. The molecule has 0 bridgehead atoms. The minimum absolute atomic E-state index is 0.767. The van der Waals surface area contributed by atoms with E-state index in [1.807, 2.05) is 0 Å². The number of aryl methyl sites for hydroxylation is 1. The Morgan fingerprint density at radius 2 is 1.93 bits per heavy atom. The van der Waals surface area contributed by atoms with Crippen molar-refractivity contribution in [1.29, 1.82) is 0 Å². The highest BCUT2D eigenvalue weighted by Gasteiger charge is 2.07. The maximum atomic E-state index is 5.49. The van der Waals surface area contributed by atoms with Crippen LogP contribution in [0.2, 0.25) is 0 Å². The van der Waals surface area contributed by atoms with Gasteiger partial charge in [-0.25, -0.2) is 0 Å². The first-order valence-corrected chi connectivity index (χ1v) is 5.21. The fraction of sp³-hybridized carbons (Fsp3) is 0.455. The van der Waals surface area contributed by atoms with Crippen molar-refractivity contribution in [3.63, 3.8) is 0 Å². The van der Waals surface area contributed by atoms with Gasteiger partial charge in [0.15, 0.2) is 0 Å². The lowest BCUT2D eigenvalue weighted by Gasteiger charge is -2.20. The van der Waals surface area contributed by atoms with Crippen molar-refractivity contribution in [2.45, 2.75) is 12.8 Å². The van der Waals surface area contributed by atoms with Crippen molar-refractivity contribution in [1.82, 2.24) is 0 Å². The van der Waals surface area contributed by atoms with Gasteiger partial charge in [0.05, 0.1) is 11.4 Å². The molecule has 4 N–H and O–H groups in total. The number of anilines is 2. The van der Waals surface area contributed by atoms with Crippen LogP contribution in [0.1, 0.15) is 12.0 Å². The summed E-state index contributed by atoms with van der Waals surface area (Å²) in [6, 6.07) is 6.54. The van der Waals surface area contributed by atoms with Crippen molar-refractivity contribution in [2.75, 3.05) is 30.3 Å². The monoisotopic (exact) mass is 191 g/mol. The zero-order valence-electron chi connectivity index (χ0n) is 8.34. The molecule has 1 aromatic rings. The molecule has 0 atom stereocenters. The standard InChI is InChI=1S/C11H17N3/c12-5-1-2-9-3-4-10-11(8-9)14-7-6-13-10/h3-4,8,13-14H,1-2,5-7,12H2. The normalized spacial score (nSPS) is 14.1. The lowest BCUT2D eigenvalue weighted by Crippen LogP contribution is -2.20. The second kappa shape index (κ2) is 4.33. The third kappa shape index (κ3) is 1.99. The zero-order valence-corrected chi connectivity index (χ0v) is 8.34. The summed E-state index contributed by atoms with van der Waals surface area (Å²) < 4.78 is 0. The van der Waals surface area contributed by atoms with Gasteiger partial charge in [-0.05, 0) is 37.1 Å². The van der Waals surface area contributed by atoms with Gasteiger partial charge in [0.1, 0.15) is 0 Å². The summed E-state index contributed by atoms with van der Waals surface area (Å²) >= 11 is 0. The van der Waals surface area contributed by atoms with Crippen LogP contribution in [0.25, 0.3) is 0 Å². The number of hydrogen-bond donors (Lipinski definition) is 3. The molecule has 1 aliphatic heterocycles.